The lowest BCUT2D eigenvalue weighted by Crippen LogP contribution is -2.16. The quantitative estimate of drug-likeness (QED) is 0.815. The van der Waals surface area contributed by atoms with Gasteiger partial charge in [0.05, 0.1) is 19.8 Å². The van der Waals surface area contributed by atoms with Gasteiger partial charge in [0.1, 0.15) is 17.2 Å². The summed E-state index contributed by atoms with van der Waals surface area (Å²) >= 11 is 0. The second-order valence-electron chi connectivity index (χ2n) is 4.26. The topological polar surface area (TPSA) is 65.0 Å². The minimum absolute atomic E-state index is 0.256. The van der Waals surface area contributed by atoms with Crippen molar-refractivity contribution >= 4 is 5.97 Å². The summed E-state index contributed by atoms with van der Waals surface area (Å²) in [6, 6.07) is 11.4. The van der Waals surface area contributed by atoms with E-state index in [1.54, 1.807) is 12.1 Å². The van der Waals surface area contributed by atoms with Gasteiger partial charge < -0.3 is 19.3 Å². The molecule has 0 bridgehead atoms. The van der Waals surface area contributed by atoms with Gasteiger partial charge in [-0.3, -0.25) is 0 Å². The van der Waals surface area contributed by atoms with E-state index in [0.717, 1.165) is 0 Å². The third-order valence-corrected chi connectivity index (χ3v) is 2.63. The van der Waals surface area contributed by atoms with Crippen LogP contribution in [-0.4, -0.2) is 31.7 Å². The van der Waals surface area contributed by atoms with Crippen molar-refractivity contribution in [2.24, 2.45) is 0 Å². The summed E-state index contributed by atoms with van der Waals surface area (Å²) in [4.78, 5) is 10.4. The first-order valence-corrected chi connectivity index (χ1v) is 7.52. The Hall–Kier alpha value is -2.90. The molecule has 0 aromatic heterocycles. The number of ether oxygens (including phenoxy) is 3. The highest BCUT2D eigenvalue weighted by Crippen LogP contribution is 2.24. The Morgan fingerprint density at radius 2 is 1.15 bits per heavy atom. The third kappa shape index (κ3) is 9.41. The van der Waals surface area contributed by atoms with E-state index in [0.29, 0.717) is 11.5 Å². The minimum Gasteiger partial charge on any atom is -0.497 e. The average Bonchev–Trinajstić information content (AvgIpc) is 2.63. The second-order valence-corrected chi connectivity index (χ2v) is 4.26. The maximum Gasteiger partial charge on any atom is 0.573 e. The predicted molar refractivity (Wildman–Crippen MR) is 91.0 cm³/mol. The van der Waals surface area contributed by atoms with Crippen molar-refractivity contribution in [1.82, 2.24) is 0 Å². The molecule has 0 radical (unpaired) electrons. The van der Waals surface area contributed by atoms with Gasteiger partial charge in [0.15, 0.2) is 0 Å². The maximum absolute atomic E-state index is 11.7. The predicted octanol–water partition coefficient (Wildman–Crippen LogP) is 5.01. The van der Waals surface area contributed by atoms with Gasteiger partial charge in [-0.15, -0.1) is 13.2 Å². The Labute approximate surface area is 149 Å². The molecule has 0 aliphatic heterocycles. The molecule has 2 aromatic carbocycles. The highest BCUT2D eigenvalue weighted by atomic mass is 19.4. The van der Waals surface area contributed by atoms with Crippen LogP contribution in [0.25, 0.3) is 0 Å². The molecule has 0 unspecified atom stereocenters. The van der Waals surface area contributed by atoms with Crippen molar-refractivity contribution in [3.8, 4) is 17.2 Å². The third-order valence-electron chi connectivity index (χ3n) is 2.63. The van der Waals surface area contributed by atoms with Crippen LogP contribution in [0, 0.1) is 0 Å². The molecule has 1 N–H and O–H groups in total. The molecule has 0 atom stereocenters. The summed E-state index contributed by atoms with van der Waals surface area (Å²) < 4.78 is 48.3. The van der Waals surface area contributed by atoms with Crippen LogP contribution < -0.4 is 14.2 Å². The normalized spacial score (nSPS) is 9.65. The van der Waals surface area contributed by atoms with E-state index in [1.807, 2.05) is 13.8 Å². The Morgan fingerprint density at radius 1 is 0.808 bits per heavy atom. The van der Waals surface area contributed by atoms with Crippen molar-refractivity contribution < 1.29 is 37.3 Å². The van der Waals surface area contributed by atoms with Crippen molar-refractivity contribution in [1.29, 1.82) is 0 Å². The zero-order valence-electron chi connectivity index (χ0n) is 14.8. The molecule has 26 heavy (non-hydrogen) atoms. The Balaban J connectivity index is 0.000000444. The van der Waals surface area contributed by atoms with E-state index in [4.69, 9.17) is 14.6 Å². The molecule has 0 saturated heterocycles. The van der Waals surface area contributed by atoms with E-state index < -0.39 is 12.3 Å². The summed E-state index contributed by atoms with van der Waals surface area (Å²) in [7, 11) is 2.97. The number of aromatic carboxylic acids is 1. The summed E-state index contributed by atoms with van der Waals surface area (Å²) in [5.41, 5.74) is 0.269. The van der Waals surface area contributed by atoms with Crippen LogP contribution in [0.15, 0.2) is 48.5 Å². The zero-order chi connectivity index (χ0) is 20.2. The van der Waals surface area contributed by atoms with Crippen molar-refractivity contribution in [2.75, 3.05) is 14.2 Å². The molecule has 0 aliphatic carbocycles. The van der Waals surface area contributed by atoms with Gasteiger partial charge in [0.2, 0.25) is 0 Å². The number of carbonyl (C=O) groups is 1. The average molecular weight is 374 g/mol. The summed E-state index contributed by atoms with van der Waals surface area (Å²) in [5.74, 6) is -0.0366. The smallest absolute Gasteiger partial charge is 0.497 e. The van der Waals surface area contributed by atoms with E-state index in [9.17, 15) is 18.0 Å². The first-order valence-electron chi connectivity index (χ1n) is 7.52. The monoisotopic (exact) mass is 374 g/mol. The van der Waals surface area contributed by atoms with Crippen LogP contribution in [-0.2, 0) is 0 Å². The maximum atomic E-state index is 11.7. The highest BCUT2D eigenvalue weighted by Gasteiger charge is 2.30. The molecule has 2 rings (SSSR count). The van der Waals surface area contributed by atoms with Gasteiger partial charge in [-0.1, -0.05) is 13.8 Å². The van der Waals surface area contributed by atoms with Crippen molar-refractivity contribution in [2.45, 2.75) is 20.2 Å². The summed E-state index contributed by atoms with van der Waals surface area (Å²) in [6.45, 7) is 4.00. The molecule has 0 saturated carbocycles. The molecule has 8 heteroatoms. The number of benzene rings is 2. The van der Waals surface area contributed by atoms with E-state index in [2.05, 4.69) is 4.74 Å². The number of hydrogen-bond donors (Lipinski definition) is 1. The lowest BCUT2D eigenvalue weighted by atomic mass is 10.2. The lowest BCUT2D eigenvalue weighted by Gasteiger charge is -2.08. The minimum atomic E-state index is -4.64. The highest BCUT2D eigenvalue weighted by molar-refractivity contribution is 5.87. The molecule has 0 fully saturated rings. The van der Waals surface area contributed by atoms with E-state index in [1.165, 1.54) is 50.6 Å². The van der Waals surface area contributed by atoms with Crippen molar-refractivity contribution in [3.63, 3.8) is 0 Å². The van der Waals surface area contributed by atoms with E-state index in [-0.39, 0.29) is 11.3 Å². The molecular formula is C18H21F3O5. The molecule has 0 amide bonds. The molecule has 0 spiro atoms. The number of alkyl halides is 3. The molecule has 144 valence electrons. The number of halogens is 3. The fraction of sp³-hybridized carbons (Fsp3) is 0.278. The van der Waals surface area contributed by atoms with E-state index >= 15 is 0 Å². The number of methoxy groups -OCH3 is 2. The number of carboxylic acids is 1. The van der Waals surface area contributed by atoms with Crippen LogP contribution in [0.5, 0.6) is 17.2 Å². The number of carboxylic acid groups (broad SMARTS) is 1. The van der Waals surface area contributed by atoms with Gasteiger partial charge in [0.25, 0.3) is 0 Å². The van der Waals surface area contributed by atoms with Gasteiger partial charge in [-0.25, -0.2) is 4.79 Å². The van der Waals surface area contributed by atoms with Crippen LogP contribution in [0.1, 0.15) is 24.2 Å². The molecule has 2 aromatic rings. The SMILES string of the molecule is CC.COc1ccc(C(=O)O)cc1.COc1ccc(OC(F)(F)F)cc1. The fourth-order valence-corrected chi connectivity index (χ4v) is 1.51. The van der Waals surface area contributed by atoms with Crippen LogP contribution in [0.2, 0.25) is 0 Å². The number of rotatable bonds is 4. The Kier molecular flexibility index (Phi) is 10.3. The number of hydrogen-bond acceptors (Lipinski definition) is 4. The lowest BCUT2D eigenvalue weighted by molar-refractivity contribution is -0.274. The van der Waals surface area contributed by atoms with Gasteiger partial charge in [0, 0.05) is 0 Å². The zero-order valence-corrected chi connectivity index (χ0v) is 14.8. The molecule has 5 nitrogen and oxygen atoms in total. The van der Waals surface area contributed by atoms with Crippen LogP contribution >= 0.6 is 0 Å². The molecule has 0 heterocycles. The van der Waals surface area contributed by atoms with Crippen LogP contribution in [0.4, 0.5) is 13.2 Å². The van der Waals surface area contributed by atoms with Crippen LogP contribution in [0.3, 0.4) is 0 Å². The Bertz CT molecular complexity index is 637. The first-order chi connectivity index (χ1) is 12.2. The van der Waals surface area contributed by atoms with Gasteiger partial charge in [-0.2, -0.15) is 0 Å². The van der Waals surface area contributed by atoms with Gasteiger partial charge in [-0.05, 0) is 48.5 Å². The largest absolute Gasteiger partial charge is 0.573 e. The molecular weight excluding hydrogens is 353 g/mol. The standard InChI is InChI=1S/C8H7F3O2.C8H8O3.C2H6/c1-12-6-2-4-7(5-3-6)13-8(9,10)11;1-11-7-4-2-6(3-5-7)8(9)10;1-2/h2-5H,1H3;2-5H,1H3,(H,9,10);1-2H3. The van der Waals surface area contributed by atoms with Gasteiger partial charge >= 0.3 is 12.3 Å². The Morgan fingerprint density at radius 3 is 1.46 bits per heavy atom. The fourth-order valence-electron chi connectivity index (χ4n) is 1.51. The first kappa shape index (κ1) is 23.1. The second kappa shape index (κ2) is 11.6. The summed E-state index contributed by atoms with van der Waals surface area (Å²) in [6.07, 6.45) is -4.64. The molecule has 0 aliphatic rings. The van der Waals surface area contributed by atoms with Crippen molar-refractivity contribution in [3.05, 3.63) is 54.1 Å². The summed E-state index contributed by atoms with van der Waals surface area (Å²) in [5, 5.41) is 8.51.